The summed E-state index contributed by atoms with van der Waals surface area (Å²) >= 11 is 0. The van der Waals surface area contributed by atoms with E-state index in [9.17, 15) is 10.1 Å². The van der Waals surface area contributed by atoms with Crippen LogP contribution in [0.15, 0.2) is 57.3 Å². The normalized spacial score (nSPS) is 11.3. The SMILES string of the molecule is O=[N+]([O-])c1ccc(C=NN=Cc2ccco2)cc1. The molecule has 0 unspecified atom stereocenters. The van der Waals surface area contributed by atoms with Crippen molar-refractivity contribution in [3.63, 3.8) is 0 Å². The van der Waals surface area contributed by atoms with Gasteiger partial charge in [-0.2, -0.15) is 10.2 Å². The molecule has 0 saturated carbocycles. The lowest BCUT2D eigenvalue weighted by Crippen LogP contribution is -1.88. The van der Waals surface area contributed by atoms with E-state index in [0.717, 1.165) is 5.56 Å². The Bertz CT molecular complexity index is 571. The summed E-state index contributed by atoms with van der Waals surface area (Å²) in [5, 5.41) is 18.0. The molecule has 1 heterocycles. The summed E-state index contributed by atoms with van der Waals surface area (Å²) in [6, 6.07) is 9.54. The van der Waals surface area contributed by atoms with Crippen molar-refractivity contribution >= 4 is 18.1 Å². The van der Waals surface area contributed by atoms with Gasteiger partial charge in [-0.15, -0.1) is 0 Å². The van der Waals surface area contributed by atoms with E-state index >= 15 is 0 Å². The molecule has 0 atom stereocenters. The highest BCUT2D eigenvalue weighted by Gasteiger charge is 2.02. The van der Waals surface area contributed by atoms with Crippen LogP contribution in [-0.4, -0.2) is 17.4 Å². The Hall–Kier alpha value is -2.76. The fraction of sp³-hybridized carbons (Fsp3) is 0. The summed E-state index contributed by atoms with van der Waals surface area (Å²) < 4.78 is 5.03. The maximum Gasteiger partial charge on any atom is 0.269 e. The maximum absolute atomic E-state index is 10.4. The van der Waals surface area contributed by atoms with Gasteiger partial charge in [-0.25, -0.2) is 0 Å². The minimum absolute atomic E-state index is 0.0474. The van der Waals surface area contributed by atoms with Crippen molar-refractivity contribution in [1.29, 1.82) is 0 Å². The van der Waals surface area contributed by atoms with E-state index in [1.165, 1.54) is 24.6 Å². The van der Waals surface area contributed by atoms with Crippen molar-refractivity contribution in [3.8, 4) is 0 Å². The van der Waals surface area contributed by atoms with Gasteiger partial charge < -0.3 is 4.42 Å². The summed E-state index contributed by atoms with van der Waals surface area (Å²) in [5.74, 6) is 0.607. The molecule has 0 radical (unpaired) electrons. The maximum atomic E-state index is 10.4. The van der Waals surface area contributed by atoms with Crippen LogP contribution >= 0.6 is 0 Å². The summed E-state index contributed by atoms with van der Waals surface area (Å²) in [7, 11) is 0. The summed E-state index contributed by atoms with van der Waals surface area (Å²) in [6.07, 6.45) is 4.52. The molecule has 0 bridgehead atoms. The minimum atomic E-state index is -0.448. The Morgan fingerprint density at radius 3 is 2.44 bits per heavy atom. The second-order valence-corrected chi connectivity index (χ2v) is 3.35. The number of hydrogen-bond donors (Lipinski definition) is 0. The zero-order valence-electron chi connectivity index (χ0n) is 9.26. The Labute approximate surface area is 102 Å². The molecule has 0 fully saturated rings. The largest absolute Gasteiger partial charge is 0.463 e. The van der Waals surface area contributed by atoms with Crippen LogP contribution in [0.2, 0.25) is 0 Å². The Morgan fingerprint density at radius 1 is 1.11 bits per heavy atom. The molecular formula is C12H9N3O3. The molecule has 0 aliphatic carbocycles. The van der Waals surface area contributed by atoms with Crippen LogP contribution in [0.25, 0.3) is 0 Å². The molecule has 2 aromatic rings. The molecule has 0 spiro atoms. The zero-order valence-corrected chi connectivity index (χ0v) is 9.26. The zero-order chi connectivity index (χ0) is 12.8. The quantitative estimate of drug-likeness (QED) is 0.470. The third kappa shape index (κ3) is 3.11. The van der Waals surface area contributed by atoms with Crippen molar-refractivity contribution in [2.75, 3.05) is 0 Å². The number of nitro benzene ring substituents is 1. The molecule has 0 N–H and O–H groups in total. The Balaban J connectivity index is 1.99. The number of nitro groups is 1. The average molecular weight is 243 g/mol. The van der Waals surface area contributed by atoms with Gasteiger partial charge in [0.1, 0.15) is 5.76 Å². The Kier molecular flexibility index (Phi) is 3.60. The van der Waals surface area contributed by atoms with E-state index < -0.39 is 4.92 Å². The van der Waals surface area contributed by atoms with Crippen LogP contribution in [0, 0.1) is 10.1 Å². The molecule has 1 aromatic carbocycles. The number of rotatable bonds is 4. The molecule has 1 aromatic heterocycles. The molecule has 2 rings (SSSR count). The van der Waals surface area contributed by atoms with Crippen LogP contribution in [0.4, 0.5) is 5.69 Å². The number of hydrogen-bond acceptors (Lipinski definition) is 5. The second kappa shape index (κ2) is 5.53. The highest BCUT2D eigenvalue weighted by atomic mass is 16.6. The molecule has 6 heteroatoms. The van der Waals surface area contributed by atoms with Crippen molar-refractivity contribution in [3.05, 3.63) is 64.1 Å². The molecule has 18 heavy (non-hydrogen) atoms. The van der Waals surface area contributed by atoms with E-state index in [1.807, 2.05) is 0 Å². The topological polar surface area (TPSA) is 81.0 Å². The Morgan fingerprint density at radius 2 is 1.83 bits per heavy atom. The van der Waals surface area contributed by atoms with Gasteiger partial charge in [-0.3, -0.25) is 10.1 Å². The molecule has 0 aliphatic heterocycles. The fourth-order valence-electron chi connectivity index (χ4n) is 1.24. The van der Waals surface area contributed by atoms with E-state index in [1.54, 1.807) is 30.5 Å². The monoisotopic (exact) mass is 243 g/mol. The van der Waals surface area contributed by atoms with Crippen molar-refractivity contribution in [2.45, 2.75) is 0 Å². The minimum Gasteiger partial charge on any atom is -0.463 e. The lowest BCUT2D eigenvalue weighted by Gasteiger charge is -1.91. The molecule has 0 aliphatic rings. The van der Waals surface area contributed by atoms with Gasteiger partial charge in [0.05, 0.1) is 23.6 Å². The first-order chi connectivity index (χ1) is 8.75. The first kappa shape index (κ1) is 11.7. The van der Waals surface area contributed by atoms with Crippen molar-refractivity contribution < 1.29 is 9.34 Å². The van der Waals surface area contributed by atoms with Crippen LogP contribution < -0.4 is 0 Å². The van der Waals surface area contributed by atoms with Gasteiger partial charge in [0.2, 0.25) is 0 Å². The molecular weight excluding hydrogens is 234 g/mol. The predicted octanol–water partition coefficient (Wildman–Crippen LogP) is 2.64. The number of furan rings is 1. The molecule has 90 valence electrons. The summed E-state index contributed by atoms with van der Waals surface area (Å²) in [5.41, 5.74) is 0.781. The van der Waals surface area contributed by atoms with Crippen molar-refractivity contribution in [1.82, 2.24) is 0 Å². The lowest BCUT2D eigenvalue weighted by atomic mass is 10.2. The van der Waals surface area contributed by atoms with Crippen LogP contribution in [0.5, 0.6) is 0 Å². The standard InChI is InChI=1S/C12H9N3O3/c16-15(17)11-5-3-10(4-6-11)8-13-14-9-12-2-1-7-18-12/h1-9H. The van der Waals surface area contributed by atoms with Gasteiger partial charge >= 0.3 is 0 Å². The summed E-state index contributed by atoms with van der Waals surface area (Å²) in [6.45, 7) is 0. The molecule has 0 amide bonds. The van der Waals surface area contributed by atoms with Crippen LogP contribution in [0.1, 0.15) is 11.3 Å². The second-order valence-electron chi connectivity index (χ2n) is 3.35. The number of non-ortho nitro benzene ring substituents is 1. The lowest BCUT2D eigenvalue weighted by molar-refractivity contribution is -0.384. The number of nitrogens with zero attached hydrogens (tertiary/aromatic N) is 3. The van der Waals surface area contributed by atoms with Crippen LogP contribution in [0.3, 0.4) is 0 Å². The van der Waals surface area contributed by atoms with E-state index in [-0.39, 0.29) is 5.69 Å². The highest BCUT2D eigenvalue weighted by molar-refractivity contribution is 5.81. The molecule has 6 nitrogen and oxygen atoms in total. The van der Waals surface area contributed by atoms with E-state index in [2.05, 4.69) is 10.2 Å². The van der Waals surface area contributed by atoms with Gasteiger partial charge in [-0.05, 0) is 29.8 Å². The van der Waals surface area contributed by atoms with Crippen LogP contribution in [-0.2, 0) is 0 Å². The van der Waals surface area contributed by atoms with Gasteiger partial charge in [0, 0.05) is 12.1 Å². The third-order valence-corrected chi connectivity index (χ3v) is 2.11. The molecule has 0 saturated heterocycles. The van der Waals surface area contributed by atoms with Crippen molar-refractivity contribution in [2.24, 2.45) is 10.2 Å². The third-order valence-electron chi connectivity index (χ3n) is 2.11. The van der Waals surface area contributed by atoms with E-state index in [0.29, 0.717) is 5.76 Å². The fourth-order valence-corrected chi connectivity index (χ4v) is 1.24. The van der Waals surface area contributed by atoms with Gasteiger partial charge in [0.25, 0.3) is 5.69 Å². The first-order valence-corrected chi connectivity index (χ1v) is 5.10. The van der Waals surface area contributed by atoms with Gasteiger partial charge in [0.15, 0.2) is 0 Å². The smallest absolute Gasteiger partial charge is 0.269 e. The number of benzene rings is 1. The predicted molar refractivity (Wildman–Crippen MR) is 67.0 cm³/mol. The first-order valence-electron chi connectivity index (χ1n) is 5.10. The summed E-state index contributed by atoms with van der Waals surface area (Å²) in [4.78, 5) is 9.99. The van der Waals surface area contributed by atoms with Gasteiger partial charge in [-0.1, -0.05) is 0 Å². The highest BCUT2D eigenvalue weighted by Crippen LogP contribution is 2.10. The van der Waals surface area contributed by atoms with E-state index in [4.69, 9.17) is 4.42 Å². The average Bonchev–Trinajstić information content (AvgIpc) is 2.88.